The molecule has 0 bridgehead atoms. The number of hydrogen-bond acceptors (Lipinski definition) is 1. The number of hydrogen-bond donors (Lipinski definition) is 1. The zero-order chi connectivity index (χ0) is 11.7. The van der Waals surface area contributed by atoms with Crippen LogP contribution < -0.4 is 5.32 Å². The minimum atomic E-state index is -0.0918. The molecule has 92 valence electrons. The molecule has 1 nitrogen and oxygen atoms in total. The first-order valence-corrected chi connectivity index (χ1v) is 6.87. The van der Waals surface area contributed by atoms with Crippen molar-refractivity contribution in [3.05, 3.63) is 29.6 Å². The number of benzene rings is 1. The summed E-state index contributed by atoms with van der Waals surface area (Å²) in [5.74, 6) is 1.37. The number of nitrogens with one attached hydrogen (secondary N) is 1. The van der Waals surface area contributed by atoms with Crippen LogP contribution in [0.2, 0.25) is 0 Å². The number of halogens is 1. The molecule has 0 radical (unpaired) electrons. The van der Waals surface area contributed by atoms with Crippen LogP contribution >= 0.6 is 0 Å². The third kappa shape index (κ3) is 2.18. The molecule has 0 aromatic heterocycles. The molecule has 1 aromatic rings. The molecule has 1 N–H and O–H groups in total. The van der Waals surface area contributed by atoms with E-state index in [2.05, 4.69) is 11.4 Å². The SMILES string of the molecule is Fc1cccc2c1NCC2CCC1CCCC1. The van der Waals surface area contributed by atoms with Crippen LogP contribution in [0, 0.1) is 11.7 Å². The Kier molecular flexibility index (Phi) is 3.04. The maximum Gasteiger partial charge on any atom is 0.146 e. The van der Waals surface area contributed by atoms with Gasteiger partial charge in [-0.2, -0.15) is 0 Å². The summed E-state index contributed by atoms with van der Waals surface area (Å²) in [4.78, 5) is 0. The Balaban J connectivity index is 1.65. The highest BCUT2D eigenvalue weighted by molar-refractivity contribution is 5.58. The molecular formula is C15H20FN. The standard InChI is InChI=1S/C15H20FN/c16-14-7-3-6-13-12(10-17-15(13)14)9-8-11-4-1-2-5-11/h3,6-7,11-12,17H,1-2,4-5,8-10H2. The minimum absolute atomic E-state index is 0.0918. The number of anilines is 1. The maximum absolute atomic E-state index is 13.5. The van der Waals surface area contributed by atoms with E-state index in [1.54, 1.807) is 6.07 Å². The summed E-state index contributed by atoms with van der Waals surface area (Å²) < 4.78 is 13.5. The first kappa shape index (κ1) is 11.1. The molecule has 1 aliphatic heterocycles. The summed E-state index contributed by atoms with van der Waals surface area (Å²) in [5, 5.41) is 3.22. The van der Waals surface area contributed by atoms with E-state index in [0.29, 0.717) is 5.92 Å². The predicted octanol–water partition coefficient (Wildman–Crippen LogP) is 4.31. The van der Waals surface area contributed by atoms with Gasteiger partial charge in [0.05, 0.1) is 5.69 Å². The van der Waals surface area contributed by atoms with Gasteiger partial charge in [0.2, 0.25) is 0 Å². The van der Waals surface area contributed by atoms with Crippen molar-refractivity contribution < 1.29 is 4.39 Å². The lowest BCUT2D eigenvalue weighted by Gasteiger charge is -2.13. The van der Waals surface area contributed by atoms with E-state index < -0.39 is 0 Å². The lowest BCUT2D eigenvalue weighted by atomic mass is 9.91. The lowest BCUT2D eigenvalue weighted by molar-refractivity contribution is 0.459. The third-order valence-corrected chi connectivity index (χ3v) is 4.41. The molecule has 1 heterocycles. The molecule has 1 unspecified atom stereocenters. The summed E-state index contributed by atoms with van der Waals surface area (Å²) in [5.41, 5.74) is 1.95. The Hall–Kier alpha value is -1.05. The van der Waals surface area contributed by atoms with Gasteiger partial charge in [0, 0.05) is 12.5 Å². The topological polar surface area (TPSA) is 12.0 Å². The molecule has 1 aromatic carbocycles. The average Bonchev–Trinajstić information content (AvgIpc) is 2.95. The van der Waals surface area contributed by atoms with Gasteiger partial charge in [-0.05, 0) is 30.4 Å². The summed E-state index contributed by atoms with van der Waals surface area (Å²) in [7, 11) is 0. The molecule has 0 amide bonds. The van der Waals surface area contributed by atoms with Crippen LogP contribution in [-0.4, -0.2) is 6.54 Å². The largest absolute Gasteiger partial charge is 0.382 e. The van der Waals surface area contributed by atoms with E-state index in [0.717, 1.165) is 18.2 Å². The van der Waals surface area contributed by atoms with Gasteiger partial charge in [-0.25, -0.2) is 4.39 Å². The molecule has 3 rings (SSSR count). The van der Waals surface area contributed by atoms with Gasteiger partial charge in [-0.1, -0.05) is 37.8 Å². The van der Waals surface area contributed by atoms with Crippen LogP contribution in [-0.2, 0) is 0 Å². The van der Waals surface area contributed by atoms with Crippen molar-refractivity contribution in [2.24, 2.45) is 5.92 Å². The van der Waals surface area contributed by atoms with Crippen LogP contribution in [0.3, 0.4) is 0 Å². The highest BCUT2D eigenvalue weighted by atomic mass is 19.1. The molecule has 2 heteroatoms. The first-order chi connectivity index (χ1) is 8.34. The second kappa shape index (κ2) is 4.67. The lowest BCUT2D eigenvalue weighted by Crippen LogP contribution is -2.04. The van der Waals surface area contributed by atoms with Crippen LogP contribution in [0.25, 0.3) is 0 Å². The predicted molar refractivity (Wildman–Crippen MR) is 68.8 cm³/mol. The maximum atomic E-state index is 13.5. The molecule has 0 spiro atoms. The van der Waals surface area contributed by atoms with Crippen molar-refractivity contribution in [1.82, 2.24) is 0 Å². The van der Waals surface area contributed by atoms with Crippen molar-refractivity contribution in [2.45, 2.75) is 44.4 Å². The van der Waals surface area contributed by atoms with E-state index in [9.17, 15) is 4.39 Å². The molecule has 1 saturated carbocycles. The third-order valence-electron chi connectivity index (χ3n) is 4.41. The molecular weight excluding hydrogens is 213 g/mol. The second-order valence-electron chi connectivity index (χ2n) is 5.51. The monoisotopic (exact) mass is 233 g/mol. The van der Waals surface area contributed by atoms with Crippen molar-refractivity contribution in [2.75, 3.05) is 11.9 Å². The molecule has 1 aliphatic carbocycles. The van der Waals surface area contributed by atoms with E-state index >= 15 is 0 Å². The molecule has 1 fully saturated rings. The van der Waals surface area contributed by atoms with Crippen molar-refractivity contribution in [3.8, 4) is 0 Å². The van der Waals surface area contributed by atoms with Crippen LogP contribution in [0.1, 0.15) is 50.0 Å². The Bertz CT molecular complexity index is 396. The van der Waals surface area contributed by atoms with E-state index in [-0.39, 0.29) is 5.82 Å². The van der Waals surface area contributed by atoms with E-state index in [1.165, 1.54) is 44.1 Å². The number of para-hydroxylation sites is 1. The van der Waals surface area contributed by atoms with Crippen LogP contribution in [0.4, 0.5) is 10.1 Å². The smallest absolute Gasteiger partial charge is 0.146 e. The molecule has 2 aliphatic rings. The van der Waals surface area contributed by atoms with Crippen molar-refractivity contribution >= 4 is 5.69 Å². The van der Waals surface area contributed by atoms with Gasteiger partial charge in [0.1, 0.15) is 5.82 Å². The second-order valence-corrected chi connectivity index (χ2v) is 5.51. The number of rotatable bonds is 3. The summed E-state index contributed by atoms with van der Waals surface area (Å²) in [6, 6.07) is 5.46. The Labute approximate surface area is 102 Å². The first-order valence-electron chi connectivity index (χ1n) is 6.87. The van der Waals surface area contributed by atoms with Gasteiger partial charge in [-0.3, -0.25) is 0 Å². The molecule has 17 heavy (non-hydrogen) atoms. The Morgan fingerprint density at radius 3 is 2.82 bits per heavy atom. The van der Waals surface area contributed by atoms with Gasteiger partial charge in [0.15, 0.2) is 0 Å². The van der Waals surface area contributed by atoms with Crippen molar-refractivity contribution in [3.63, 3.8) is 0 Å². The fourth-order valence-electron chi connectivity index (χ4n) is 3.40. The minimum Gasteiger partial charge on any atom is -0.382 e. The average molecular weight is 233 g/mol. The molecule has 0 saturated heterocycles. The normalized spacial score (nSPS) is 23.7. The van der Waals surface area contributed by atoms with Crippen LogP contribution in [0.15, 0.2) is 18.2 Å². The van der Waals surface area contributed by atoms with E-state index in [1.807, 2.05) is 6.07 Å². The van der Waals surface area contributed by atoms with E-state index in [4.69, 9.17) is 0 Å². The summed E-state index contributed by atoms with van der Waals surface area (Å²) in [6.07, 6.45) is 8.19. The fraction of sp³-hybridized carbons (Fsp3) is 0.600. The van der Waals surface area contributed by atoms with Gasteiger partial charge in [0.25, 0.3) is 0 Å². The van der Waals surface area contributed by atoms with Crippen molar-refractivity contribution in [1.29, 1.82) is 0 Å². The fourth-order valence-corrected chi connectivity index (χ4v) is 3.40. The molecule has 1 atom stereocenters. The highest BCUT2D eigenvalue weighted by Gasteiger charge is 2.25. The van der Waals surface area contributed by atoms with Crippen LogP contribution in [0.5, 0.6) is 0 Å². The van der Waals surface area contributed by atoms with Gasteiger partial charge >= 0.3 is 0 Å². The zero-order valence-electron chi connectivity index (χ0n) is 10.2. The number of fused-ring (bicyclic) bond motifs is 1. The quantitative estimate of drug-likeness (QED) is 0.820. The Morgan fingerprint density at radius 2 is 2.00 bits per heavy atom. The van der Waals surface area contributed by atoms with Gasteiger partial charge < -0.3 is 5.32 Å². The summed E-state index contributed by atoms with van der Waals surface area (Å²) in [6.45, 7) is 0.920. The zero-order valence-corrected chi connectivity index (χ0v) is 10.2. The Morgan fingerprint density at radius 1 is 1.18 bits per heavy atom. The van der Waals surface area contributed by atoms with Gasteiger partial charge in [-0.15, -0.1) is 0 Å². The highest BCUT2D eigenvalue weighted by Crippen LogP contribution is 2.38. The summed E-state index contributed by atoms with van der Waals surface area (Å²) >= 11 is 0.